The lowest BCUT2D eigenvalue weighted by Gasteiger charge is -2.36. The molecule has 1 saturated heterocycles. The molecular formula is C15H22N2O2. The van der Waals surface area contributed by atoms with Crippen LogP contribution in [0.15, 0.2) is 30.3 Å². The molecule has 2 atom stereocenters. The molecule has 2 unspecified atom stereocenters. The normalized spacial score (nSPS) is 22.4. The highest BCUT2D eigenvalue weighted by atomic mass is 16.2. The van der Waals surface area contributed by atoms with E-state index in [0.717, 1.165) is 5.56 Å². The van der Waals surface area contributed by atoms with Crippen molar-refractivity contribution in [2.45, 2.75) is 46.3 Å². The van der Waals surface area contributed by atoms with E-state index in [-0.39, 0.29) is 11.8 Å². The van der Waals surface area contributed by atoms with E-state index >= 15 is 0 Å². The quantitative estimate of drug-likeness (QED) is 0.885. The van der Waals surface area contributed by atoms with Gasteiger partial charge in [0.1, 0.15) is 12.1 Å². The number of nitrogens with one attached hydrogen (secondary N) is 1. The summed E-state index contributed by atoms with van der Waals surface area (Å²) in [6.07, 6.45) is 0. The van der Waals surface area contributed by atoms with E-state index in [2.05, 4.69) is 5.32 Å². The molecule has 1 aromatic carbocycles. The van der Waals surface area contributed by atoms with Gasteiger partial charge in [-0.1, -0.05) is 44.2 Å². The molecule has 104 valence electrons. The molecule has 2 amide bonds. The summed E-state index contributed by atoms with van der Waals surface area (Å²) < 4.78 is 0. The van der Waals surface area contributed by atoms with Gasteiger partial charge < -0.3 is 10.2 Å². The molecule has 4 heteroatoms. The van der Waals surface area contributed by atoms with Crippen LogP contribution in [0.3, 0.4) is 0 Å². The van der Waals surface area contributed by atoms with Crippen LogP contribution in [-0.2, 0) is 16.1 Å². The van der Waals surface area contributed by atoms with Crippen molar-refractivity contribution in [1.29, 1.82) is 0 Å². The molecule has 1 fully saturated rings. The number of benzene rings is 1. The van der Waals surface area contributed by atoms with Crippen molar-refractivity contribution in [1.82, 2.24) is 10.2 Å². The van der Waals surface area contributed by atoms with Gasteiger partial charge in [0.05, 0.1) is 0 Å². The lowest BCUT2D eigenvalue weighted by atomic mass is 10.1. The zero-order valence-electron chi connectivity index (χ0n) is 12.0. The molecular weight excluding hydrogens is 240 g/mol. The summed E-state index contributed by atoms with van der Waals surface area (Å²) in [5.41, 5.74) is 1.04. The largest absolute Gasteiger partial charge is 0.343 e. The first-order valence-corrected chi connectivity index (χ1v) is 6.74. The number of nitrogens with zero attached hydrogens (tertiary/aromatic N) is 1. The third-order valence-corrected chi connectivity index (χ3v) is 3.05. The second kappa shape index (κ2) is 6.92. The molecule has 1 aliphatic rings. The fourth-order valence-corrected chi connectivity index (χ4v) is 1.97. The zero-order chi connectivity index (χ0) is 14.4. The van der Waals surface area contributed by atoms with Gasteiger partial charge in [0.15, 0.2) is 0 Å². The van der Waals surface area contributed by atoms with Crippen LogP contribution in [0, 0.1) is 0 Å². The first-order valence-electron chi connectivity index (χ1n) is 6.74. The number of piperazine rings is 1. The fraction of sp³-hybridized carbons (Fsp3) is 0.467. The van der Waals surface area contributed by atoms with Gasteiger partial charge in [-0.05, 0) is 19.4 Å². The molecule has 0 aromatic heterocycles. The van der Waals surface area contributed by atoms with Crippen molar-refractivity contribution in [2.75, 3.05) is 0 Å². The molecule has 0 radical (unpaired) electrons. The maximum atomic E-state index is 12.0. The number of amides is 2. The smallest absolute Gasteiger partial charge is 0.245 e. The summed E-state index contributed by atoms with van der Waals surface area (Å²) in [4.78, 5) is 25.3. The van der Waals surface area contributed by atoms with Crippen molar-refractivity contribution in [2.24, 2.45) is 0 Å². The number of carbonyl (C=O) groups is 2. The highest BCUT2D eigenvalue weighted by Crippen LogP contribution is 2.14. The van der Waals surface area contributed by atoms with E-state index in [0.29, 0.717) is 6.54 Å². The topological polar surface area (TPSA) is 49.4 Å². The van der Waals surface area contributed by atoms with E-state index in [1.54, 1.807) is 18.7 Å². The standard InChI is InChI=1S/C13H16N2O2.C2H6/c1-9-13(17)15(10(2)12(16)14-9)8-11-6-4-3-5-7-11;1-2/h3-7,9-10H,8H2,1-2H3,(H,14,16);1-2H3. The van der Waals surface area contributed by atoms with Gasteiger partial charge in [0.25, 0.3) is 0 Å². The van der Waals surface area contributed by atoms with Crippen LogP contribution in [-0.4, -0.2) is 28.8 Å². The first kappa shape index (κ1) is 15.2. The number of hydrogen-bond donors (Lipinski definition) is 1. The molecule has 19 heavy (non-hydrogen) atoms. The molecule has 4 nitrogen and oxygen atoms in total. The lowest BCUT2D eigenvalue weighted by molar-refractivity contribution is -0.148. The number of carbonyl (C=O) groups excluding carboxylic acids is 2. The minimum Gasteiger partial charge on any atom is -0.343 e. The van der Waals surface area contributed by atoms with Crippen molar-refractivity contribution in [3.8, 4) is 0 Å². The minimum absolute atomic E-state index is 0.0269. The van der Waals surface area contributed by atoms with E-state index < -0.39 is 12.1 Å². The van der Waals surface area contributed by atoms with Crippen molar-refractivity contribution >= 4 is 11.8 Å². The van der Waals surface area contributed by atoms with Gasteiger partial charge in [-0.3, -0.25) is 9.59 Å². The van der Waals surface area contributed by atoms with Crippen LogP contribution < -0.4 is 5.32 Å². The predicted octanol–water partition coefficient (Wildman–Crippen LogP) is 1.95. The molecule has 1 aliphatic heterocycles. The Morgan fingerprint density at radius 1 is 1.11 bits per heavy atom. The molecule has 2 rings (SSSR count). The van der Waals surface area contributed by atoms with Gasteiger partial charge in [0, 0.05) is 6.54 Å². The first-order chi connectivity index (χ1) is 9.09. The van der Waals surface area contributed by atoms with Crippen LogP contribution in [0.25, 0.3) is 0 Å². The summed E-state index contributed by atoms with van der Waals surface area (Å²) >= 11 is 0. The van der Waals surface area contributed by atoms with Crippen LogP contribution in [0.1, 0.15) is 33.3 Å². The molecule has 1 N–H and O–H groups in total. The highest BCUT2D eigenvalue weighted by molar-refractivity contribution is 5.96. The predicted molar refractivity (Wildman–Crippen MR) is 75.4 cm³/mol. The zero-order valence-corrected chi connectivity index (χ0v) is 12.0. The van der Waals surface area contributed by atoms with Gasteiger partial charge in [0.2, 0.25) is 11.8 Å². The molecule has 1 aromatic rings. The van der Waals surface area contributed by atoms with Gasteiger partial charge in [-0.2, -0.15) is 0 Å². The maximum absolute atomic E-state index is 12.0. The Morgan fingerprint density at radius 3 is 2.26 bits per heavy atom. The monoisotopic (exact) mass is 262 g/mol. The molecule has 0 spiro atoms. The SMILES string of the molecule is CC.CC1NC(=O)C(C)N(Cc2ccccc2)C1=O. The van der Waals surface area contributed by atoms with Gasteiger partial charge in [-0.15, -0.1) is 0 Å². The Balaban J connectivity index is 0.000000861. The van der Waals surface area contributed by atoms with Crippen molar-refractivity contribution in [3.63, 3.8) is 0 Å². The van der Waals surface area contributed by atoms with Crippen LogP contribution in [0.5, 0.6) is 0 Å². The summed E-state index contributed by atoms with van der Waals surface area (Å²) in [5, 5.41) is 2.66. The lowest BCUT2D eigenvalue weighted by Crippen LogP contribution is -2.60. The van der Waals surface area contributed by atoms with Gasteiger partial charge in [-0.25, -0.2) is 0 Å². The van der Waals surface area contributed by atoms with E-state index in [1.165, 1.54) is 0 Å². The summed E-state index contributed by atoms with van der Waals surface area (Å²) in [6.45, 7) is 7.95. The Kier molecular flexibility index (Phi) is 5.55. The van der Waals surface area contributed by atoms with Crippen molar-refractivity contribution in [3.05, 3.63) is 35.9 Å². The van der Waals surface area contributed by atoms with E-state index in [1.807, 2.05) is 44.2 Å². The molecule has 0 aliphatic carbocycles. The second-order valence-corrected chi connectivity index (χ2v) is 4.36. The average molecular weight is 262 g/mol. The van der Waals surface area contributed by atoms with Crippen LogP contribution in [0.2, 0.25) is 0 Å². The van der Waals surface area contributed by atoms with Crippen LogP contribution >= 0.6 is 0 Å². The molecule has 0 saturated carbocycles. The highest BCUT2D eigenvalue weighted by Gasteiger charge is 2.35. The maximum Gasteiger partial charge on any atom is 0.245 e. The Hall–Kier alpha value is -1.84. The fourth-order valence-electron chi connectivity index (χ4n) is 1.97. The average Bonchev–Trinajstić information content (AvgIpc) is 2.45. The van der Waals surface area contributed by atoms with E-state index in [9.17, 15) is 9.59 Å². The minimum atomic E-state index is -0.428. The molecule has 1 heterocycles. The number of rotatable bonds is 2. The van der Waals surface area contributed by atoms with E-state index in [4.69, 9.17) is 0 Å². The Morgan fingerprint density at radius 2 is 1.68 bits per heavy atom. The molecule has 0 bridgehead atoms. The third kappa shape index (κ3) is 3.56. The second-order valence-electron chi connectivity index (χ2n) is 4.36. The number of hydrogen-bond acceptors (Lipinski definition) is 2. The summed E-state index contributed by atoms with van der Waals surface area (Å²) in [6, 6.07) is 8.87. The van der Waals surface area contributed by atoms with Crippen LogP contribution in [0.4, 0.5) is 0 Å². The van der Waals surface area contributed by atoms with Crippen molar-refractivity contribution < 1.29 is 9.59 Å². The third-order valence-electron chi connectivity index (χ3n) is 3.05. The Labute approximate surface area is 114 Å². The van der Waals surface area contributed by atoms with Gasteiger partial charge >= 0.3 is 0 Å². The Bertz CT molecular complexity index is 431. The summed E-state index contributed by atoms with van der Waals surface area (Å²) in [7, 11) is 0. The summed E-state index contributed by atoms with van der Waals surface area (Å²) in [5.74, 6) is -0.117.